The first-order valence-corrected chi connectivity index (χ1v) is 11.4. The topological polar surface area (TPSA) is 126 Å². The fourth-order valence-corrected chi connectivity index (χ4v) is 3.76. The van der Waals surface area contributed by atoms with Gasteiger partial charge in [-0.1, -0.05) is 0 Å². The molecule has 0 bridgehead atoms. The summed E-state index contributed by atoms with van der Waals surface area (Å²) in [6, 6.07) is 5.82. The number of hydrogen-bond acceptors (Lipinski definition) is 8. The molecule has 0 aliphatic rings. The molecule has 0 fully saturated rings. The molecule has 0 atom stereocenters. The maximum Gasteiger partial charge on any atom is 0.272 e. The van der Waals surface area contributed by atoms with E-state index in [1.165, 1.54) is 31.5 Å². The van der Waals surface area contributed by atoms with Gasteiger partial charge in [0.2, 0.25) is 5.95 Å². The molecule has 0 unspecified atom stereocenters. The number of primary amides is 1. The van der Waals surface area contributed by atoms with Crippen molar-refractivity contribution in [3.05, 3.63) is 65.9 Å². The van der Waals surface area contributed by atoms with Crippen LogP contribution in [0.4, 0.5) is 22.0 Å². The Kier molecular flexibility index (Phi) is 8.48. The highest BCUT2D eigenvalue weighted by Crippen LogP contribution is 2.40. The van der Waals surface area contributed by atoms with Crippen LogP contribution in [0, 0.1) is 17.6 Å². The first kappa shape index (κ1) is 28.3. The number of alkyl halides is 2. The zero-order valence-electron chi connectivity index (χ0n) is 20.6. The molecule has 1 amide bonds. The number of carbonyl (C=O) groups is 1. The highest BCUT2D eigenvalue weighted by molar-refractivity contribution is 5.98. The van der Waals surface area contributed by atoms with Crippen molar-refractivity contribution in [2.75, 3.05) is 26.9 Å². The standard InChI is InChI=1S/C26H20F5N3O6/c1-37-19-9-17-13(8-20(19)38-5-4-35)18(2-3-33-17)40-24-15(27)6-12(7-16(24)28)14-10-34-25(31)22(26(32)36)23(14)39-11-21(29)30/h2-3,6-10,21,35H,4-5,11H2,1H3,(H2,32,36). The lowest BCUT2D eigenvalue weighted by Gasteiger charge is -2.16. The number of aliphatic hydroxyl groups is 1. The number of aliphatic hydroxyl groups excluding tert-OH is 1. The molecule has 4 aromatic rings. The van der Waals surface area contributed by atoms with Gasteiger partial charge in [-0.2, -0.15) is 4.39 Å². The van der Waals surface area contributed by atoms with Crippen LogP contribution in [0.25, 0.3) is 22.0 Å². The number of ether oxygens (including phenoxy) is 4. The normalized spacial score (nSPS) is 11.1. The van der Waals surface area contributed by atoms with Crippen LogP contribution in [0.3, 0.4) is 0 Å². The fraction of sp³-hybridized carbons (Fsp3) is 0.192. The summed E-state index contributed by atoms with van der Waals surface area (Å²) in [4.78, 5) is 19.3. The second-order valence-corrected chi connectivity index (χ2v) is 8.01. The number of amides is 1. The smallest absolute Gasteiger partial charge is 0.272 e. The minimum absolute atomic E-state index is 0.0209. The number of methoxy groups -OCH3 is 1. The second-order valence-electron chi connectivity index (χ2n) is 8.01. The van der Waals surface area contributed by atoms with E-state index in [2.05, 4.69) is 9.97 Å². The van der Waals surface area contributed by atoms with Crippen LogP contribution < -0.4 is 24.7 Å². The number of hydrogen-bond donors (Lipinski definition) is 2. The fourth-order valence-electron chi connectivity index (χ4n) is 3.76. The Labute approximate surface area is 222 Å². The molecule has 14 heteroatoms. The predicted molar refractivity (Wildman–Crippen MR) is 131 cm³/mol. The summed E-state index contributed by atoms with van der Waals surface area (Å²) >= 11 is 0. The van der Waals surface area contributed by atoms with Crippen molar-refractivity contribution in [1.29, 1.82) is 0 Å². The number of rotatable bonds is 11. The van der Waals surface area contributed by atoms with E-state index in [4.69, 9.17) is 29.8 Å². The van der Waals surface area contributed by atoms with E-state index < -0.39 is 53.6 Å². The summed E-state index contributed by atoms with van der Waals surface area (Å²) in [5, 5.41) is 9.36. The highest BCUT2D eigenvalue weighted by atomic mass is 19.3. The van der Waals surface area contributed by atoms with Crippen molar-refractivity contribution in [3.63, 3.8) is 0 Å². The van der Waals surface area contributed by atoms with Gasteiger partial charge < -0.3 is 29.8 Å². The van der Waals surface area contributed by atoms with Gasteiger partial charge in [-0.25, -0.2) is 22.5 Å². The SMILES string of the molecule is COc1cc2nccc(Oc3c(F)cc(-c4cnc(F)c(C(N)=O)c4OCC(F)F)cc3F)c2cc1OCCO. The third-order valence-corrected chi connectivity index (χ3v) is 5.44. The van der Waals surface area contributed by atoms with Crippen LogP contribution in [0.1, 0.15) is 10.4 Å². The largest absolute Gasteiger partial charge is 0.493 e. The summed E-state index contributed by atoms with van der Waals surface area (Å²) in [7, 11) is 1.40. The van der Waals surface area contributed by atoms with Gasteiger partial charge in [0.1, 0.15) is 30.3 Å². The Hall–Kier alpha value is -4.72. The van der Waals surface area contributed by atoms with Gasteiger partial charge in [0, 0.05) is 29.4 Å². The van der Waals surface area contributed by atoms with Crippen LogP contribution >= 0.6 is 0 Å². The first-order valence-electron chi connectivity index (χ1n) is 11.4. The van der Waals surface area contributed by atoms with Crippen molar-refractivity contribution >= 4 is 16.8 Å². The van der Waals surface area contributed by atoms with Crippen LogP contribution in [-0.4, -0.2) is 54.3 Å². The lowest BCUT2D eigenvalue weighted by molar-refractivity contribution is 0.0799. The van der Waals surface area contributed by atoms with E-state index in [0.717, 1.165) is 18.3 Å². The molecule has 0 aliphatic heterocycles. The number of benzene rings is 2. The summed E-state index contributed by atoms with van der Waals surface area (Å²) in [6.45, 7) is -1.59. The van der Waals surface area contributed by atoms with Gasteiger partial charge in [-0.15, -0.1) is 0 Å². The van der Waals surface area contributed by atoms with Crippen molar-refractivity contribution in [2.45, 2.75) is 6.43 Å². The average molecular weight is 565 g/mol. The minimum atomic E-state index is -3.02. The van der Waals surface area contributed by atoms with Crippen molar-refractivity contribution in [1.82, 2.24) is 9.97 Å². The molecule has 2 heterocycles. The number of fused-ring (bicyclic) bond motifs is 1. The molecule has 0 saturated heterocycles. The Morgan fingerprint density at radius 3 is 2.35 bits per heavy atom. The number of carbonyl (C=O) groups excluding carboxylic acids is 1. The molecule has 0 radical (unpaired) electrons. The number of nitrogens with two attached hydrogens (primary N) is 1. The number of halogens is 5. The zero-order valence-corrected chi connectivity index (χ0v) is 20.6. The lowest BCUT2D eigenvalue weighted by atomic mass is 10.0. The van der Waals surface area contributed by atoms with Crippen LogP contribution in [0.5, 0.6) is 28.7 Å². The molecule has 2 aromatic carbocycles. The Morgan fingerprint density at radius 2 is 1.73 bits per heavy atom. The molecule has 4 rings (SSSR count). The quantitative estimate of drug-likeness (QED) is 0.199. The maximum absolute atomic E-state index is 15.2. The van der Waals surface area contributed by atoms with Gasteiger partial charge in [-0.3, -0.25) is 9.78 Å². The molecule has 210 valence electrons. The van der Waals surface area contributed by atoms with E-state index in [1.54, 1.807) is 0 Å². The lowest BCUT2D eigenvalue weighted by Crippen LogP contribution is -2.18. The predicted octanol–water partition coefficient (Wildman–Crippen LogP) is 4.63. The molecule has 9 nitrogen and oxygen atoms in total. The molecular weight excluding hydrogens is 545 g/mol. The molecule has 40 heavy (non-hydrogen) atoms. The third kappa shape index (κ3) is 5.81. The molecule has 3 N–H and O–H groups in total. The number of nitrogens with zero attached hydrogens (tertiary/aromatic N) is 2. The van der Waals surface area contributed by atoms with Crippen LogP contribution in [0.15, 0.2) is 42.7 Å². The Bertz CT molecular complexity index is 1550. The summed E-state index contributed by atoms with van der Waals surface area (Å²) in [5.74, 6) is -6.39. The van der Waals surface area contributed by atoms with Gasteiger partial charge in [0.25, 0.3) is 12.3 Å². The molecular formula is C26H20F5N3O6. The number of pyridine rings is 2. The van der Waals surface area contributed by atoms with E-state index >= 15 is 8.78 Å². The first-order chi connectivity index (χ1) is 19.1. The average Bonchev–Trinajstić information content (AvgIpc) is 2.91. The van der Waals surface area contributed by atoms with Crippen LogP contribution in [-0.2, 0) is 0 Å². The monoisotopic (exact) mass is 565 g/mol. The Balaban J connectivity index is 1.77. The molecule has 2 aromatic heterocycles. The van der Waals surface area contributed by atoms with E-state index in [-0.39, 0.29) is 41.2 Å². The van der Waals surface area contributed by atoms with Gasteiger partial charge in [-0.05, 0) is 29.8 Å². The summed E-state index contributed by atoms with van der Waals surface area (Å²) < 4.78 is 91.4. The van der Waals surface area contributed by atoms with E-state index in [0.29, 0.717) is 11.3 Å². The Morgan fingerprint density at radius 1 is 1.00 bits per heavy atom. The van der Waals surface area contributed by atoms with Crippen molar-refractivity contribution in [2.24, 2.45) is 5.73 Å². The van der Waals surface area contributed by atoms with Gasteiger partial charge in [0.15, 0.2) is 28.9 Å². The molecule has 0 aliphatic carbocycles. The zero-order chi connectivity index (χ0) is 29.0. The maximum atomic E-state index is 15.2. The molecule has 0 saturated carbocycles. The third-order valence-electron chi connectivity index (χ3n) is 5.44. The van der Waals surface area contributed by atoms with Crippen LogP contribution in [0.2, 0.25) is 0 Å². The highest BCUT2D eigenvalue weighted by Gasteiger charge is 2.25. The summed E-state index contributed by atoms with van der Waals surface area (Å²) in [5.41, 5.74) is 3.83. The second kappa shape index (κ2) is 12.0. The van der Waals surface area contributed by atoms with E-state index in [1.807, 2.05) is 0 Å². The van der Waals surface area contributed by atoms with Gasteiger partial charge in [0.05, 0.1) is 19.2 Å². The van der Waals surface area contributed by atoms with Gasteiger partial charge >= 0.3 is 0 Å². The van der Waals surface area contributed by atoms with Crippen molar-refractivity contribution < 1.29 is 50.8 Å². The molecule has 0 spiro atoms. The number of aromatic nitrogens is 2. The van der Waals surface area contributed by atoms with E-state index in [9.17, 15) is 18.0 Å². The minimum Gasteiger partial charge on any atom is -0.493 e. The van der Waals surface area contributed by atoms with Crippen molar-refractivity contribution in [3.8, 4) is 39.9 Å². The summed E-state index contributed by atoms with van der Waals surface area (Å²) in [6.07, 6.45) is -0.925.